The molecule has 0 radical (unpaired) electrons. The largest absolute Gasteiger partial charge is 0.396 e. The zero-order valence-electron chi connectivity index (χ0n) is 9.82. The molecule has 0 saturated heterocycles. The van der Waals surface area contributed by atoms with Gasteiger partial charge in [0.05, 0.1) is 0 Å². The van der Waals surface area contributed by atoms with Gasteiger partial charge in [-0.2, -0.15) is 0 Å². The van der Waals surface area contributed by atoms with Crippen molar-refractivity contribution in [2.75, 3.05) is 19.8 Å². The Balaban J connectivity index is 4.21. The maximum Gasteiger partial charge on any atom is 0.160 e. The molecule has 1 N–H and O–H groups in total. The molecule has 0 aromatic carbocycles. The van der Waals surface area contributed by atoms with Gasteiger partial charge in [0, 0.05) is 25.7 Å². The SMILES string of the molecule is CCOC(OCC)C(CCO)C(C)C. The van der Waals surface area contributed by atoms with Gasteiger partial charge in [-0.3, -0.25) is 0 Å². The van der Waals surface area contributed by atoms with E-state index in [1.165, 1.54) is 0 Å². The second kappa shape index (κ2) is 8.21. The van der Waals surface area contributed by atoms with Gasteiger partial charge in [-0.25, -0.2) is 0 Å². The molecule has 0 bridgehead atoms. The van der Waals surface area contributed by atoms with E-state index < -0.39 is 0 Å². The first-order valence-electron chi connectivity index (χ1n) is 5.51. The average Bonchev–Trinajstić information content (AvgIpc) is 2.13. The summed E-state index contributed by atoms with van der Waals surface area (Å²) >= 11 is 0. The third-order valence-corrected chi connectivity index (χ3v) is 2.33. The first-order chi connectivity index (χ1) is 6.67. The summed E-state index contributed by atoms with van der Waals surface area (Å²) in [4.78, 5) is 0. The fourth-order valence-corrected chi connectivity index (χ4v) is 1.56. The predicted octanol–water partition coefficient (Wildman–Crippen LogP) is 2.04. The molecule has 0 aliphatic heterocycles. The van der Waals surface area contributed by atoms with Crippen LogP contribution < -0.4 is 0 Å². The third-order valence-electron chi connectivity index (χ3n) is 2.33. The van der Waals surface area contributed by atoms with Gasteiger partial charge in [0.25, 0.3) is 0 Å². The normalized spacial score (nSPS) is 13.9. The van der Waals surface area contributed by atoms with Crippen molar-refractivity contribution in [1.29, 1.82) is 0 Å². The molecule has 0 saturated carbocycles. The Labute approximate surface area is 87.4 Å². The minimum Gasteiger partial charge on any atom is -0.396 e. The van der Waals surface area contributed by atoms with Crippen molar-refractivity contribution in [1.82, 2.24) is 0 Å². The lowest BCUT2D eigenvalue weighted by molar-refractivity contribution is -0.178. The summed E-state index contributed by atoms with van der Waals surface area (Å²) in [5.41, 5.74) is 0. The van der Waals surface area contributed by atoms with Crippen LogP contribution in [0.2, 0.25) is 0 Å². The first-order valence-corrected chi connectivity index (χ1v) is 5.51. The molecule has 1 unspecified atom stereocenters. The maximum atomic E-state index is 8.96. The van der Waals surface area contributed by atoms with Gasteiger partial charge in [0.2, 0.25) is 0 Å². The molecule has 0 aromatic heterocycles. The molecule has 3 nitrogen and oxygen atoms in total. The lowest BCUT2D eigenvalue weighted by Gasteiger charge is -2.29. The number of aliphatic hydroxyl groups excluding tert-OH is 1. The fraction of sp³-hybridized carbons (Fsp3) is 1.00. The Morgan fingerprint density at radius 1 is 1.07 bits per heavy atom. The van der Waals surface area contributed by atoms with Crippen molar-refractivity contribution in [2.24, 2.45) is 11.8 Å². The summed E-state index contributed by atoms with van der Waals surface area (Å²) in [5, 5.41) is 8.96. The van der Waals surface area contributed by atoms with Crippen LogP contribution in [0.3, 0.4) is 0 Å². The molecule has 86 valence electrons. The number of ether oxygens (including phenoxy) is 2. The molecule has 0 fully saturated rings. The highest BCUT2D eigenvalue weighted by atomic mass is 16.7. The Hall–Kier alpha value is -0.120. The van der Waals surface area contributed by atoms with Crippen LogP contribution in [0.4, 0.5) is 0 Å². The van der Waals surface area contributed by atoms with Crippen molar-refractivity contribution in [3.8, 4) is 0 Å². The highest BCUT2D eigenvalue weighted by Crippen LogP contribution is 2.22. The van der Waals surface area contributed by atoms with Crippen LogP contribution in [-0.2, 0) is 9.47 Å². The van der Waals surface area contributed by atoms with E-state index in [9.17, 15) is 0 Å². The van der Waals surface area contributed by atoms with Gasteiger partial charge >= 0.3 is 0 Å². The van der Waals surface area contributed by atoms with Crippen LogP contribution in [-0.4, -0.2) is 31.2 Å². The molecule has 0 amide bonds. The third kappa shape index (κ3) is 4.94. The second-order valence-electron chi connectivity index (χ2n) is 3.70. The minimum atomic E-state index is -0.169. The van der Waals surface area contributed by atoms with Gasteiger partial charge in [-0.1, -0.05) is 13.8 Å². The van der Waals surface area contributed by atoms with Gasteiger partial charge in [-0.05, 0) is 26.2 Å². The van der Waals surface area contributed by atoms with Crippen LogP contribution in [0, 0.1) is 11.8 Å². The number of hydrogen-bond donors (Lipinski definition) is 1. The van der Waals surface area contributed by atoms with Crippen LogP contribution in [0.25, 0.3) is 0 Å². The van der Waals surface area contributed by atoms with E-state index in [1.807, 2.05) is 13.8 Å². The summed E-state index contributed by atoms with van der Waals surface area (Å²) in [7, 11) is 0. The van der Waals surface area contributed by atoms with E-state index in [1.54, 1.807) is 0 Å². The molecule has 3 heteroatoms. The summed E-state index contributed by atoms with van der Waals surface area (Å²) in [5.74, 6) is 0.741. The summed E-state index contributed by atoms with van der Waals surface area (Å²) < 4.78 is 11.1. The Morgan fingerprint density at radius 3 is 1.86 bits per heavy atom. The second-order valence-corrected chi connectivity index (χ2v) is 3.70. The molecule has 14 heavy (non-hydrogen) atoms. The number of aliphatic hydroxyl groups is 1. The topological polar surface area (TPSA) is 38.7 Å². The highest BCUT2D eigenvalue weighted by Gasteiger charge is 2.24. The van der Waals surface area contributed by atoms with E-state index in [0.29, 0.717) is 19.1 Å². The van der Waals surface area contributed by atoms with Crippen molar-refractivity contribution in [2.45, 2.75) is 40.4 Å². The zero-order valence-corrected chi connectivity index (χ0v) is 9.82. The monoisotopic (exact) mass is 204 g/mol. The molecular formula is C11H24O3. The summed E-state index contributed by atoms with van der Waals surface area (Å²) in [6.45, 7) is 9.68. The van der Waals surface area contributed by atoms with E-state index in [-0.39, 0.29) is 18.8 Å². The van der Waals surface area contributed by atoms with Crippen LogP contribution in [0.1, 0.15) is 34.1 Å². The fourth-order valence-electron chi connectivity index (χ4n) is 1.56. The molecule has 1 atom stereocenters. The Bertz CT molecular complexity index is 120. The summed E-state index contributed by atoms with van der Waals surface area (Å²) in [6.07, 6.45) is 0.569. The van der Waals surface area contributed by atoms with Gasteiger partial charge in [0.1, 0.15) is 0 Å². The number of hydrogen-bond acceptors (Lipinski definition) is 3. The molecule has 0 aromatic rings. The molecular weight excluding hydrogens is 180 g/mol. The molecule has 0 heterocycles. The smallest absolute Gasteiger partial charge is 0.160 e. The van der Waals surface area contributed by atoms with E-state index in [2.05, 4.69) is 13.8 Å². The van der Waals surface area contributed by atoms with E-state index in [4.69, 9.17) is 14.6 Å². The quantitative estimate of drug-likeness (QED) is 0.615. The van der Waals surface area contributed by atoms with Crippen LogP contribution >= 0.6 is 0 Å². The zero-order chi connectivity index (χ0) is 11.0. The minimum absolute atomic E-state index is 0.169. The average molecular weight is 204 g/mol. The first kappa shape index (κ1) is 13.9. The summed E-state index contributed by atoms with van der Waals surface area (Å²) in [6, 6.07) is 0. The molecule has 0 aliphatic carbocycles. The number of rotatable bonds is 8. The van der Waals surface area contributed by atoms with Crippen molar-refractivity contribution in [3.05, 3.63) is 0 Å². The lowest BCUT2D eigenvalue weighted by Crippen LogP contribution is -2.31. The van der Waals surface area contributed by atoms with Crippen LogP contribution in [0.15, 0.2) is 0 Å². The maximum absolute atomic E-state index is 8.96. The molecule has 0 rings (SSSR count). The molecule has 0 aliphatic rings. The Kier molecular flexibility index (Phi) is 8.14. The lowest BCUT2D eigenvalue weighted by atomic mass is 9.92. The predicted molar refractivity (Wildman–Crippen MR) is 57.1 cm³/mol. The molecule has 0 spiro atoms. The standard InChI is InChI=1S/C11H24O3/c1-5-13-11(14-6-2)10(7-8-12)9(3)4/h9-12H,5-8H2,1-4H3. The van der Waals surface area contributed by atoms with Crippen molar-refractivity contribution in [3.63, 3.8) is 0 Å². The van der Waals surface area contributed by atoms with Gasteiger partial charge < -0.3 is 14.6 Å². The van der Waals surface area contributed by atoms with Gasteiger partial charge in [-0.15, -0.1) is 0 Å². The van der Waals surface area contributed by atoms with Crippen molar-refractivity contribution < 1.29 is 14.6 Å². The van der Waals surface area contributed by atoms with Gasteiger partial charge in [0.15, 0.2) is 6.29 Å². The van der Waals surface area contributed by atoms with E-state index in [0.717, 1.165) is 6.42 Å². The highest BCUT2D eigenvalue weighted by molar-refractivity contribution is 4.67. The van der Waals surface area contributed by atoms with Crippen LogP contribution in [0.5, 0.6) is 0 Å². The Morgan fingerprint density at radius 2 is 1.57 bits per heavy atom. The van der Waals surface area contributed by atoms with Crippen molar-refractivity contribution >= 4 is 0 Å². The van der Waals surface area contributed by atoms with E-state index >= 15 is 0 Å².